The van der Waals surface area contributed by atoms with Gasteiger partial charge < -0.3 is 10.4 Å². The van der Waals surface area contributed by atoms with Gasteiger partial charge in [-0.1, -0.05) is 24.6 Å². The zero-order chi connectivity index (χ0) is 19.4. The van der Waals surface area contributed by atoms with Crippen LogP contribution in [-0.4, -0.2) is 42.8 Å². The van der Waals surface area contributed by atoms with Gasteiger partial charge in [0.2, 0.25) is 15.9 Å². The summed E-state index contributed by atoms with van der Waals surface area (Å²) in [6, 6.07) is 6.16. The molecule has 8 heteroatoms. The molecule has 0 radical (unpaired) electrons. The first-order chi connectivity index (χ1) is 12.9. The first kappa shape index (κ1) is 19.6. The molecule has 1 aliphatic carbocycles. The third-order valence-electron chi connectivity index (χ3n) is 5.14. The van der Waals surface area contributed by atoms with Gasteiger partial charge in [0, 0.05) is 18.8 Å². The molecule has 146 valence electrons. The lowest BCUT2D eigenvalue weighted by Gasteiger charge is -2.26. The van der Waals surface area contributed by atoms with Crippen molar-refractivity contribution in [3.05, 3.63) is 36.4 Å². The highest BCUT2D eigenvalue weighted by molar-refractivity contribution is 7.89. The average Bonchev–Trinajstić information content (AvgIpc) is 2.69. The molecule has 1 amide bonds. The second-order valence-electron chi connectivity index (χ2n) is 6.98. The summed E-state index contributed by atoms with van der Waals surface area (Å²) in [5.74, 6) is -2.84. The number of amides is 1. The highest BCUT2D eigenvalue weighted by Crippen LogP contribution is 2.28. The third kappa shape index (κ3) is 4.39. The highest BCUT2D eigenvalue weighted by atomic mass is 32.2. The van der Waals surface area contributed by atoms with Gasteiger partial charge in [-0.3, -0.25) is 9.59 Å². The van der Waals surface area contributed by atoms with Crippen LogP contribution in [0.3, 0.4) is 0 Å². The fraction of sp³-hybridized carbons (Fsp3) is 0.474. The second-order valence-corrected chi connectivity index (χ2v) is 8.91. The van der Waals surface area contributed by atoms with Gasteiger partial charge in [0.1, 0.15) is 0 Å². The molecule has 0 spiro atoms. The number of hydrogen-bond donors (Lipinski definition) is 2. The molecule has 1 heterocycles. The van der Waals surface area contributed by atoms with Crippen LogP contribution in [0.5, 0.6) is 0 Å². The molecule has 2 atom stereocenters. The maximum absolute atomic E-state index is 12.8. The summed E-state index contributed by atoms with van der Waals surface area (Å²) in [5, 5.41) is 12.0. The SMILES string of the molecule is O=C(O)[C@H]1CC=CC[C@H]1C(=O)Nc1cccc(S(=O)(=O)N2CCCCC2)c1. The van der Waals surface area contributed by atoms with Crippen molar-refractivity contribution in [3.8, 4) is 0 Å². The molecule has 3 rings (SSSR count). The number of carboxylic acid groups (broad SMARTS) is 1. The smallest absolute Gasteiger partial charge is 0.307 e. The van der Waals surface area contributed by atoms with E-state index in [1.54, 1.807) is 24.3 Å². The maximum atomic E-state index is 12.8. The first-order valence-corrected chi connectivity index (χ1v) is 10.6. The predicted molar refractivity (Wildman–Crippen MR) is 101 cm³/mol. The number of carbonyl (C=O) groups excluding carboxylic acids is 1. The molecule has 1 aromatic carbocycles. The topological polar surface area (TPSA) is 104 Å². The molecule has 0 bridgehead atoms. The van der Waals surface area contributed by atoms with E-state index in [9.17, 15) is 23.1 Å². The number of sulfonamides is 1. The molecule has 27 heavy (non-hydrogen) atoms. The number of carboxylic acids is 1. The Bertz CT molecular complexity index is 843. The number of allylic oxidation sites excluding steroid dienone is 2. The molecule has 2 aliphatic rings. The molecule has 1 saturated heterocycles. The van der Waals surface area contributed by atoms with E-state index in [1.165, 1.54) is 16.4 Å². The van der Waals surface area contributed by atoms with Crippen molar-refractivity contribution in [1.29, 1.82) is 0 Å². The Morgan fingerprint density at radius 2 is 1.70 bits per heavy atom. The number of rotatable bonds is 5. The minimum Gasteiger partial charge on any atom is -0.481 e. The molecule has 1 fully saturated rings. The summed E-state index contributed by atoms with van der Waals surface area (Å²) in [5.41, 5.74) is 0.358. The van der Waals surface area contributed by atoms with E-state index < -0.39 is 33.7 Å². The zero-order valence-corrected chi connectivity index (χ0v) is 15.8. The van der Waals surface area contributed by atoms with Gasteiger partial charge in [0.05, 0.1) is 16.7 Å². The van der Waals surface area contributed by atoms with Crippen LogP contribution in [0.15, 0.2) is 41.3 Å². The van der Waals surface area contributed by atoms with Crippen molar-refractivity contribution in [2.45, 2.75) is 37.0 Å². The summed E-state index contributed by atoms with van der Waals surface area (Å²) in [4.78, 5) is 24.1. The zero-order valence-electron chi connectivity index (χ0n) is 15.0. The quantitative estimate of drug-likeness (QED) is 0.749. The number of anilines is 1. The van der Waals surface area contributed by atoms with E-state index >= 15 is 0 Å². The number of carbonyl (C=O) groups is 2. The van der Waals surface area contributed by atoms with E-state index in [-0.39, 0.29) is 4.90 Å². The van der Waals surface area contributed by atoms with Crippen LogP contribution in [0.4, 0.5) is 5.69 Å². The van der Waals surface area contributed by atoms with Gasteiger partial charge in [-0.25, -0.2) is 8.42 Å². The third-order valence-corrected chi connectivity index (χ3v) is 7.04. The van der Waals surface area contributed by atoms with Gasteiger partial charge in [-0.2, -0.15) is 4.31 Å². The predicted octanol–water partition coefficient (Wildman–Crippen LogP) is 2.47. The Morgan fingerprint density at radius 1 is 1.04 bits per heavy atom. The lowest BCUT2D eigenvalue weighted by Crippen LogP contribution is -2.36. The summed E-state index contributed by atoms with van der Waals surface area (Å²) in [7, 11) is -3.59. The van der Waals surface area contributed by atoms with E-state index in [0.717, 1.165) is 19.3 Å². The Balaban J connectivity index is 1.76. The number of benzene rings is 1. The van der Waals surface area contributed by atoms with E-state index in [4.69, 9.17) is 0 Å². The van der Waals surface area contributed by atoms with Crippen molar-refractivity contribution >= 4 is 27.6 Å². The fourth-order valence-corrected chi connectivity index (χ4v) is 5.16. The Kier molecular flexibility index (Phi) is 5.96. The summed E-state index contributed by atoms with van der Waals surface area (Å²) >= 11 is 0. The fourth-order valence-electron chi connectivity index (χ4n) is 3.60. The molecule has 1 aromatic rings. The second kappa shape index (κ2) is 8.22. The summed E-state index contributed by atoms with van der Waals surface area (Å²) in [6.07, 6.45) is 6.98. The van der Waals surface area contributed by atoms with Crippen molar-refractivity contribution < 1.29 is 23.1 Å². The lowest BCUT2D eigenvalue weighted by molar-refractivity contribution is -0.146. The van der Waals surface area contributed by atoms with E-state index in [1.807, 2.05) is 0 Å². The van der Waals surface area contributed by atoms with Crippen molar-refractivity contribution in [2.75, 3.05) is 18.4 Å². The molecular weight excluding hydrogens is 368 g/mol. The molecule has 0 saturated carbocycles. The molecule has 2 N–H and O–H groups in total. The van der Waals surface area contributed by atoms with E-state index in [2.05, 4.69) is 5.32 Å². The Morgan fingerprint density at radius 3 is 2.37 bits per heavy atom. The van der Waals surface area contributed by atoms with Gasteiger partial charge in [0.25, 0.3) is 0 Å². The summed E-state index contributed by atoms with van der Waals surface area (Å²) < 4.78 is 27.1. The highest BCUT2D eigenvalue weighted by Gasteiger charge is 2.34. The van der Waals surface area contributed by atoms with Gasteiger partial charge in [0.15, 0.2) is 0 Å². The van der Waals surface area contributed by atoms with Crippen molar-refractivity contribution in [3.63, 3.8) is 0 Å². The van der Waals surface area contributed by atoms with Crippen LogP contribution in [0.1, 0.15) is 32.1 Å². The summed E-state index contributed by atoms with van der Waals surface area (Å²) in [6.45, 7) is 1.02. The first-order valence-electron chi connectivity index (χ1n) is 9.18. The molecule has 0 aromatic heterocycles. The number of hydrogen-bond acceptors (Lipinski definition) is 4. The number of aliphatic carboxylic acids is 1. The normalized spacial score (nSPS) is 23.7. The van der Waals surface area contributed by atoms with Crippen LogP contribution >= 0.6 is 0 Å². The Hall–Kier alpha value is -2.19. The van der Waals surface area contributed by atoms with Gasteiger partial charge >= 0.3 is 5.97 Å². The van der Waals surface area contributed by atoms with Crippen LogP contribution in [0.25, 0.3) is 0 Å². The van der Waals surface area contributed by atoms with Crippen LogP contribution in [-0.2, 0) is 19.6 Å². The van der Waals surface area contributed by atoms with Crippen molar-refractivity contribution in [2.24, 2.45) is 11.8 Å². The van der Waals surface area contributed by atoms with E-state index in [0.29, 0.717) is 31.6 Å². The largest absolute Gasteiger partial charge is 0.481 e. The lowest BCUT2D eigenvalue weighted by atomic mass is 9.82. The van der Waals surface area contributed by atoms with Crippen LogP contribution in [0, 0.1) is 11.8 Å². The van der Waals surface area contributed by atoms with Crippen LogP contribution in [0.2, 0.25) is 0 Å². The number of nitrogens with zero attached hydrogens (tertiary/aromatic N) is 1. The molecule has 1 aliphatic heterocycles. The molecule has 0 unspecified atom stereocenters. The standard InChI is InChI=1S/C19H24N2O5S/c22-18(16-9-2-3-10-17(16)19(23)24)20-14-7-6-8-15(13-14)27(25,26)21-11-4-1-5-12-21/h2-3,6-8,13,16-17H,1,4-5,9-12H2,(H,20,22)(H,23,24)/t16-,17+/m1/s1. The maximum Gasteiger partial charge on any atom is 0.307 e. The molecular formula is C19H24N2O5S. The average molecular weight is 392 g/mol. The van der Waals surface area contributed by atoms with Gasteiger partial charge in [-0.15, -0.1) is 0 Å². The Labute approximate surface area is 159 Å². The minimum absolute atomic E-state index is 0.139. The number of piperidine rings is 1. The molecule has 7 nitrogen and oxygen atoms in total. The van der Waals surface area contributed by atoms with Crippen molar-refractivity contribution in [1.82, 2.24) is 4.31 Å². The monoisotopic (exact) mass is 392 g/mol. The van der Waals surface area contributed by atoms with Gasteiger partial charge in [-0.05, 0) is 43.9 Å². The number of nitrogens with one attached hydrogen (secondary N) is 1. The van der Waals surface area contributed by atoms with Crippen LogP contribution < -0.4 is 5.32 Å². The minimum atomic E-state index is -3.59.